The molecule has 1 atom stereocenters. The summed E-state index contributed by atoms with van der Waals surface area (Å²) in [6.45, 7) is 3.18. The summed E-state index contributed by atoms with van der Waals surface area (Å²) in [4.78, 5) is 42.7. The van der Waals surface area contributed by atoms with Crippen LogP contribution in [0.3, 0.4) is 0 Å². The summed E-state index contributed by atoms with van der Waals surface area (Å²) in [7, 11) is 1.70. The molecule has 2 N–H and O–H groups in total. The van der Waals surface area contributed by atoms with Crippen molar-refractivity contribution in [1.82, 2.24) is 14.7 Å². The zero-order valence-electron chi connectivity index (χ0n) is 15.8. The quantitative estimate of drug-likeness (QED) is 0.746. The van der Waals surface area contributed by atoms with E-state index in [1.165, 1.54) is 4.90 Å². The van der Waals surface area contributed by atoms with Gasteiger partial charge in [-0.2, -0.15) is 0 Å². The molecule has 8 heteroatoms. The molecule has 26 heavy (non-hydrogen) atoms. The Hall–Kier alpha value is -1.34. The van der Waals surface area contributed by atoms with Crippen molar-refractivity contribution in [2.24, 2.45) is 11.7 Å². The van der Waals surface area contributed by atoms with Gasteiger partial charge in [0.25, 0.3) is 5.91 Å². The first kappa shape index (κ1) is 21.0. The number of likely N-dealkylation sites (tertiary alicyclic amines) is 1. The second-order valence-electron chi connectivity index (χ2n) is 7.90. The van der Waals surface area contributed by atoms with Gasteiger partial charge in [0.2, 0.25) is 5.91 Å². The fraction of sp³-hybridized carbons (Fsp3) is 0.833. The number of nitrogens with two attached hydrogens (primary N) is 1. The monoisotopic (exact) mass is 386 g/mol. The highest BCUT2D eigenvalue weighted by atomic mass is 35.5. The van der Waals surface area contributed by atoms with E-state index < -0.39 is 5.54 Å². The molecule has 0 aromatic carbocycles. The Bertz CT molecular complexity index is 555. The molecule has 7 nitrogen and oxygen atoms in total. The van der Waals surface area contributed by atoms with Crippen LogP contribution in [0.1, 0.15) is 51.9 Å². The van der Waals surface area contributed by atoms with E-state index in [0.29, 0.717) is 31.8 Å². The molecular formula is C18H31ClN4O3. The zero-order valence-corrected chi connectivity index (χ0v) is 16.6. The van der Waals surface area contributed by atoms with Gasteiger partial charge >= 0.3 is 6.03 Å². The van der Waals surface area contributed by atoms with E-state index in [-0.39, 0.29) is 42.8 Å². The third-order valence-corrected chi connectivity index (χ3v) is 6.41. The van der Waals surface area contributed by atoms with E-state index in [9.17, 15) is 14.4 Å². The van der Waals surface area contributed by atoms with Gasteiger partial charge in [0.1, 0.15) is 12.1 Å². The third kappa shape index (κ3) is 3.56. The molecule has 0 aromatic rings. The van der Waals surface area contributed by atoms with E-state index >= 15 is 0 Å². The van der Waals surface area contributed by atoms with Crippen LogP contribution in [0.5, 0.6) is 0 Å². The molecule has 1 spiro atoms. The Labute approximate surface area is 161 Å². The minimum atomic E-state index is -0.711. The van der Waals surface area contributed by atoms with Gasteiger partial charge in [-0.15, -0.1) is 12.4 Å². The topological polar surface area (TPSA) is 86.9 Å². The van der Waals surface area contributed by atoms with Gasteiger partial charge in [0.05, 0.1) is 0 Å². The van der Waals surface area contributed by atoms with Gasteiger partial charge in [-0.3, -0.25) is 14.5 Å². The maximum absolute atomic E-state index is 12.9. The fourth-order valence-corrected chi connectivity index (χ4v) is 4.58. The normalized spacial score (nSPS) is 24.8. The van der Waals surface area contributed by atoms with Gasteiger partial charge in [-0.25, -0.2) is 4.79 Å². The van der Waals surface area contributed by atoms with Crippen molar-refractivity contribution in [3.05, 3.63) is 0 Å². The molecule has 0 radical (unpaired) electrons. The van der Waals surface area contributed by atoms with Crippen molar-refractivity contribution < 1.29 is 14.4 Å². The number of likely N-dealkylation sites (N-methyl/N-ethyl adjacent to an activating group) is 1. The highest BCUT2D eigenvalue weighted by Crippen LogP contribution is 2.39. The number of carbonyl (C=O) groups excluding carboxylic acids is 3. The molecule has 3 fully saturated rings. The number of carbonyl (C=O) groups is 3. The third-order valence-electron chi connectivity index (χ3n) is 6.41. The number of imide groups is 1. The van der Waals surface area contributed by atoms with Crippen molar-refractivity contribution in [3.63, 3.8) is 0 Å². The number of piperidine rings is 1. The van der Waals surface area contributed by atoms with Gasteiger partial charge in [-0.1, -0.05) is 19.3 Å². The summed E-state index contributed by atoms with van der Waals surface area (Å²) in [6, 6.07) is -0.190. The summed E-state index contributed by atoms with van der Waals surface area (Å²) >= 11 is 0. The summed E-state index contributed by atoms with van der Waals surface area (Å²) < 4.78 is 0. The van der Waals surface area contributed by atoms with E-state index in [0.717, 1.165) is 32.1 Å². The van der Waals surface area contributed by atoms with Crippen LogP contribution in [0, 0.1) is 5.92 Å². The molecule has 148 valence electrons. The van der Waals surface area contributed by atoms with Crippen LogP contribution >= 0.6 is 12.4 Å². The molecule has 1 aliphatic carbocycles. The summed E-state index contributed by atoms with van der Waals surface area (Å²) in [5.74, 6) is 0.125. The number of hydrogen-bond acceptors (Lipinski definition) is 4. The molecule has 1 unspecified atom stereocenters. The molecule has 2 saturated heterocycles. The summed E-state index contributed by atoms with van der Waals surface area (Å²) in [6.07, 6.45) is 6.19. The number of urea groups is 1. The average molecular weight is 387 g/mol. The highest BCUT2D eigenvalue weighted by molar-refractivity contribution is 6.08. The van der Waals surface area contributed by atoms with Gasteiger partial charge in [0, 0.05) is 26.2 Å². The molecule has 2 heterocycles. The van der Waals surface area contributed by atoms with Crippen LogP contribution in [0.25, 0.3) is 0 Å². The molecule has 3 aliphatic rings. The standard InChI is InChI=1S/C18H30N4O3.ClH/c1-13(19)14-6-10-21(11-7-14)15(23)12-22-16(24)18(20(2)17(22)25)8-4-3-5-9-18;/h13-14H,3-12,19H2,1-2H3;1H. The fourth-order valence-electron chi connectivity index (χ4n) is 4.58. The zero-order chi connectivity index (χ0) is 18.2. The predicted octanol–water partition coefficient (Wildman–Crippen LogP) is 1.59. The second kappa shape index (κ2) is 8.13. The van der Waals surface area contributed by atoms with E-state index in [4.69, 9.17) is 5.73 Å². The lowest BCUT2D eigenvalue weighted by atomic mass is 9.81. The van der Waals surface area contributed by atoms with Crippen LogP contribution < -0.4 is 5.73 Å². The smallest absolute Gasteiger partial charge is 0.327 e. The Balaban J connectivity index is 0.00000243. The summed E-state index contributed by atoms with van der Waals surface area (Å²) in [5, 5.41) is 0. The number of hydrogen-bond donors (Lipinski definition) is 1. The van der Waals surface area contributed by atoms with Crippen molar-refractivity contribution in [3.8, 4) is 0 Å². The first-order valence-electron chi connectivity index (χ1n) is 9.50. The van der Waals surface area contributed by atoms with Crippen molar-refractivity contribution in [2.75, 3.05) is 26.7 Å². The van der Waals surface area contributed by atoms with E-state index in [1.54, 1.807) is 16.8 Å². The molecular weight excluding hydrogens is 356 g/mol. The van der Waals surface area contributed by atoms with Gasteiger partial charge in [-0.05, 0) is 38.5 Å². The molecule has 0 aromatic heterocycles. The van der Waals surface area contributed by atoms with Crippen molar-refractivity contribution >= 4 is 30.3 Å². The van der Waals surface area contributed by atoms with Crippen LogP contribution in [-0.4, -0.2) is 70.8 Å². The van der Waals surface area contributed by atoms with E-state index in [2.05, 4.69) is 0 Å². The van der Waals surface area contributed by atoms with Gasteiger partial charge in [0.15, 0.2) is 0 Å². The Morgan fingerprint density at radius 2 is 1.77 bits per heavy atom. The van der Waals surface area contributed by atoms with Crippen molar-refractivity contribution in [1.29, 1.82) is 0 Å². The minimum Gasteiger partial charge on any atom is -0.341 e. The largest absolute Gasteiger partial charge is 0.341 e. The van der Waals surface area contributed by atoms with E-state index in [1.807, 2.05) is 6.92 Å². The minimum absolute atomic E-state index is 0. The molecule has 4 amide bonds. The number of nitrogens with zero attached hydrogens (tertiary/aromatic N) is 3. The maximum Gasteiger partial charge on any atom is 0.327 e. The lowest BCUT2D eigenvalue weighted by Crippen LogP contribution is -2.50. The number of halogens is 1. The Kier molecular flexibility index (Phi) is 6.55. The number of amides is 4. The predicted molar refractivity (Wildman–Crippen MR) is 101 cm³/mol. The number of rotatable bonds is 3. The Morgan fingerprint density at radius 3 is 2.31 bits per heavy atom. The SMILES string of the molecule is CC(N)C1CCN(C(=O)CN2C(=O)N(C)C3(CCCCC3)C2=O)CC1.Cl. The molecule has 2 aliphatic heterocycles. The summed E-state index contributed by atoms with van der Waals surface area (Å²) in [5.41, 5.74) is 5.23. The highest BCUT2D eigenvalue weighted by Gasteiger charge is 2.56. The lowest BCUT2D eigenvalue weighted by Gasteiger charge is -2.36. The average Bonchev–Trinajstić information content (AvgIpc) is 2.79. The molecule has 3 rings (SSSR count). The first-order chi connectivity index (χ1) is 11.9. The molecule has 1 saturated carbocycles. The van der Waals surface area contributed by atoms with Crippen LogP contribution in [-0.2, 0) is 9.59 Å². The van der Waals surface area contributed by atoms with Crippen LogP contribution in [0.2, 0.25) is 0 Å². The maximum atomic E-state index is 12.9. The lowest BCUT2D eigenvalue weighted by molar-refractivity contribution is -0.141. The molecule has 0 bridgehead atoms. The first-order valence-corrected chi connectivity index (χ1v) is 9.50. The Morgan fingerprint density at radius 1 is 1.19 bits per heavy atom. The van der Waals surface area contributed by atoms with Crippen LogP contribution in [0.4, 0.5) is 4.79 Å². The van der Waals surface area contributed by atoms with Crippen LogP contribution in [0.15, 0.2) is 0 Å². The van der Waals surface area contributed by atoms with Gasteiger partial charge < -0.3 is 15.5 Å². The second-order valence-corrected chi connectivity index (χ2v) is 7.90. The van der Waals surface area contributed by atoms with Crippen molar-refractivity contribution in [2.45, 2.75) is 63.5 Å².